The van der Waals surface area contributed by atoms with Crippen LogP contribution in [0.1, 0.15) is 45.1 Å². The van der Waals surface area contributed by atoms with Gasteiger partial charge in [0.15, 0.2) is 11.6 Å². The highest BCUT2D eigenvalue weighted by Crippen LogP contribution is 2.63. The standard InChI is InChI=1S/C29H27NO5/c1-13-14(2)26(33)29(3)21(25(13)32)12-20-18(8-9-19-23(20)28(35)30-27(19)34)24(29)17-10-11-22(31)16-7-5-4-6-15(16)17/h4-8,10-11,19-21,23-24,31H,9,12H2,1-3H3,(H,30,34,35)/t19-,20+,21-,23-,24-,29+/m0/s1. The van der Waals surface area contributed by atoms with E-state index in [1.54, 1.807) is 19.9 Å². The molecule has 35 heavy (non-hydrogen) atoms. The fourth-order valence-electron chi connectivity index (χ4n) is 7.39. The number of fused-ring (bicyclic) bond motifs is 5. The number of nitrogens with one attached hydrogen (secondary N) is 1. The first-order valence-corrected chi connectivity index (χ1v) is 12.2. The summed E-state index contributed by atoms with van der Waals surface area (Å²) >= 11 is 0. The largest absolute Gasteiger partial charge is 0.507 e. The van der Waals surface area contributed by atoms with Gasteiger partial charge in [-0.3, -0.25) is 24.5 Å². The lowest BCUT2D eigenvalue weighted by Gasteiger charge is -2.54. The first-order valence-electron chi connectivity index (χ1n) is 12.2. The van der Waals surface area contributed by atoms with Crippen molar-refractivity contribution in [3.63, 3.8) is 0 Å². The van der Waals surface area contributed by atoms with Crippen LogP contribution in [0.15, 0.2) is 59.2 Å². The van der Waals surface area contributed by atoms with Gasteiger partial charge in [-0.05, 0) is 60.8 Å². The zero-order valence-corrected chi connectivity index (χ0v) is 19.9. The predicted molar refractivity (Wildman–Crippen MR) is 129 cm³/mol. The Morgan fingerprint density at radius 2 is 1.63 bits per heavy atom. The quantitative estimate of drug-likeness (QED) is 0.486. The summed E-state index contributed by atoms with van der Waals surface area (Å²) in [6.07, 6.45) is 2.83. The SMILES string of the molecule is CC1=C(C)C(=O)[C@@]2(C)[C@@H](c3ccc(O)c4ccccc34)C3=CC[C@@H]4C(=O)NC(=O)[C@@H]4[C@@H]3C[C@H]2C1=O. The maximum Gasteiger partial charge on any atom is 0.231 e. The Bertz CT molecular complexity index is 1430. The summed E-state index contributed by atoms with van der Waals surface area (Å²) in [7, 11) is 0. The number of phenolic OH excluding ortho intramolecular Hbond substituents is 1. The number of ketones is 2. The molecule has 1 saturated carbocycles. The van der Waals surface area contributed by atoms with E-state index >= 15 is 0 Å². The van der Waals surface area contributed by atoms with Gasteiger partial charge in [0.1, 0.15) is 5.75 Å². The first-order chi connectivity index (χ1) is 16.7. The molecule has 0 aromatic heterocycles. The normalized spacial score (nSPS) is 34.4. The molecule has 4 aliphatic rings. The molecule has 6 rings (SSSR count). The summed E-state index contributed by atoms with van der Waals surface area (Å²) in [5.74, 6) is -2.83. The minimum Gasteiger partial charge on any atom is -0.507 e. The molecule has 1 heterocycles. The van der Waals surface area contributed by atoms with Crippen LogP contribution < -0.4 is 5.32 Å². The first kappa shape index (κ1) is 22.0. The summed E-state index contributed by atoms with van der Waals surface area (Å²) in [6.45, 7) is 5.33. The van der Waals surface area contributed by atoms with Crippen molar-refractivity contribution in [1.29, 1.82) is 0 Å². The molecule has 2 fully saturated rings. The molecular weight excluding hydrogens is 442 g/mol. The summed E-state index contributed by atoms with van der Waals surface area (Å²) in [5, 5.41) is 14.5. The second-order valence-corrected chi connectivity index (χ2v) is 10.7. The fourth-order valence-corrected chi connectivity index (χ4v) is 7.39. The van der Waals surface area contributed by atoms with E-state index in [0.717, 1.165) is 16.5 Å². The zero-order valence-electron chi connectivity index (χ0n) is 19.9. The topological polar surface area (TPSA) is 101 Å². The van der Waals surface area contributed by atoms with Gasteiger partial charge < -0.3 is 5.11 Å². The maximum atomic E-state index is 14.0. The highest BCUT2D eigenvalue weighted by atomic mass is 16.3. The number of Topliss-reactive ketones (excluding diaryl/α,β-unsaturated/α-hetero) is 2. The minimum atomic E-state index is -1.03. The van der Waals surface area contributed by atoms with Gasteiger partial charge in [0, 0.05) is 17.2 Å². The number of imide groups is 1. The van der Waals surface area contributed by atoms with Crippen LogP contribution in [0.4, 0.5) is 0 Å². The van der Waals surface area contributed by atoms with Crippen molar-refractivity contribution < 1.29 is 24.3 Å². The maximum absolute atomic E-state index is 14.0. The van der Waals surface area contributed by atoms with Crippen LogP contribution in [0.3, 0.4) is 0 Å². The number of allylic oxidation sites excluding steroid dienone is 4. The van der Waals surface area contributed by atoms with Crippen LogP contribution in [0, 0.1) is 29.1 Å². The number of hydrogen-bond acceptors (Lipinski definition) is 5. The molecule has 2 aromatic carbocycles. The van der Waals surface area contributed by atoms with E-state index in [1.165, 1.54) is 0 Å². The molecule has 3 aliphatic carbocycles. The minimum absolute atomic E-state index is 0.0461. The summed E-state index contributed by atoms with van der Waals surface area (Å²) in [5.41, 5.74) is 1.76. The second-order valence-electron chi connectivity index (χ2n) is 10.7. The summed E-state index contributed by atoms with van der Waals surface area (Å²) in [6, 6.07) is 11.0. The van der Waals surface area contributed by atoms with Crippen molar-refractivity contribution in [2.24, 2.45) is 29.1 Å². The van der Waals surface area contributed by atoms with Gasteiger partial charge in [-0.15, -0.1) is 0 Å². The van der Waals surface area contributed by atoms with Gasteiger partial charge >= 0.3 is 0 Å². The molecule has 6 atom stereocenters. The molecule has 2 amide bonds. The summed E-state index contributed by atoms with van der Waals surface area (Å²) in [4.78, 5) is 53.1. The van der Waals surface area contributed by atoms with Crippen LogP contribution in [0.25, 0.3) is 10.8 Å². The van der Waals surface area contributed by atoms with Crippen LogP contribution in [-0.4, -0.2) is 28.5 Å². The van der Waals surface area contributed by atoms with E-state index in [9.17, 15) is 24.3 Å². The van der Waals surface area contributed by atoms with E-state index in [2.05, 4.69) is 5.32 Å². The lowest BCUT2D eigenvalue weighted by atomic mass is 9.46. The number of benzene rings is 2. The molecule has 1 aliphatic heterocycles. The highest BCUT2D eigenvalue weighted by Gasteiger charge is 2.63. The van der Waals surface area contributed by atoms with E-state index in [4.69, 9.17) is 0 Å². The zero-order chi connectivity index (χ0) is 24.8. The molecule has 0 radical (unpaired) electrons. The number of amides is 2. The highest BCUT2D eigenvalue weighted by molar-refractivity contribution is 6.16. The summed E-state index contributed by atoms with van der Waals surface area (Å²) < 4.78 is 0. The third-order valence-electron chi connectivity index (χ3n) is 9.26. The molecule has 1 saturated heterocycles. The van der Waals surface area contributed by atoms with E-state index < -0.39 is 29.1 Å². The number of aromatic hydroxyl groups is 1. The lowest BCUT2D eigenvalue weighted by Crippen LogP contribution is -2.55. The van der Waals surface area contributed by atoms with Crippen molar-refractivity contribution in [2.75, 3.05) is 0 Å². The molecule has 6 nitrogen and oxygen atoms in total. The van der Waals surface area contributed by atoms with Gasteiger partial charge in [0.05, 0.1) is 17.3 Å². The third kappa shape index (κ3) is 2.71. The van der Waals surface area contributed by atoms with Crippen LogP contribution in [-0.2, 0) is 19.2 Å². The Hall–Kier alpha value is -3.54. The third-order valence-corrected chi connectivity index (χ3v) is 9.26. The molecule has 0 spiro atoms. The Morgan fingerprint density at radius 1 is 0.914 bits per heavy atom. The number of hydrogen-bond donors (Lipinski definition) is 2. The van der Waals surface area contributed by atoms with Crippen molar-refractivity contribution in [3.8, 4) is 5.75 Å². The molecule has 6 heteroatoms. The number of phenols is 1. The Kier molecular flexibility index (Phi) is 4.54. The molecule has 2 aromatic rings. The molecule has 0 bridgehead atoms. The average Bonchev–Trinajstić information content (AvgIpc) is 3.15. The number of carbonyl (C=O) groups is 4. The van der Waals surface area contributed by atoms with E-state index in [1.807, 2.05) is 43.3 Å². The lowest BCUT2D eigenvalue weighted by molar-refractivity contribution is -0.142. The smallest absolute Gasteiger partial charge is 0.231 e. The Balaban J connectivity index is 1.65. The average molecular weight is 470 g/mol. The number of rotatable bonds is 1. The van der Waals surface area contributed by atoms with Crippen molar-refractivity contribution >= 4 is 34.2 Å². The predicted octanol–water partition coefficient (Wildman–Crippen LogP) is 3.98. The van der Waals surface area contributed by atoms with Crippen LogP contribution in [0.5, 0.6) is 5.75 Å². The van der Waals surface area contributed by atoms with Gasteiger partial charge in [-0.25, -0.2) is 0 Å². The van der Waals surface area contributed by atoms with Gasteiger partial charge in [-0.1, -0.05) is 48.9 Å². The van der Waals surface area contributed by atoms with Crippen molar-refractivity contribution in [3.05, 3.63) is 64.8 Å². The Labute approximate surface area is 203 Å². The van der Waals surface area contributed by atoms with Crippen molar-refractivity contribution in [2.45, 2.75) is 39.5 Å². The van der Waals surface area contributed by atoms with Crippen LogP contribution in [0.2, 0.25) is 0 Å². The monoisotopic (exact) mass is 469 g/mol. The van der Waals surface area contributed by atoms with Crippen LogP contribution >= 0.6 is 0 Å². The Morgan fingerprint density at radius 3 is 2.37 bits per heavy atom. The van der Waals surface area contributed by atoms with Gasteiger partial charge in [-0.2, -0.15) is 0 Å². The molecule has 0 unspecified atom stereocenters. The van der Waals surface area contributed by atoms with Crippen molar-refractivity contribution in [1.82, 2.24) is 5.32 Å². The second kappa shape index (κ2) is 7.23. The van der Waals surface area contributed by atoms with Gasteiger partial charge in [0.25, 0.3) is 0 Å². The van der Waals surface area contributed by atoms with E-state index in [0.29, 0.717) is 29.4 Å². The number of carbonyl (C=O) groups excluding carboxylic acids is 4. The molecule has 178 valence electrons. The fraction of sp³-hybridized carbons (Fsp3) is 0.379. The van der Waals surface area contributed by atoms with E-state index in [-0.39, 0.29) is 35.0 Å². The molecular formula is C29H27NO5. The molecule has 2 N–H and O–H groups in total. The van der Waals surface area contributed by atoms with Gasteiger partial charge in [0.2, 0.25) is 11.8 Å².